The number of halogens is 1. The fourth-order valence-electron chi connectivity index (χ4n) is 3.25. The first-order valence-electron chi connectivity index (χ1n) is 8.74. The van der Waals surface area contributed by atoms with Crippen LogP contribution >= 0.6 is 27.7 Å². The third-order valence-electron chi connectivity index (χ3n) is 4.66. The molecule has 1 unspecified atom stereocenters. The number of hydrogen-bond donors (Lipinski definition) is 0. The van der Waals surface area contributed by atoms with Gasteiger partial charge in [0.1, 0.15) is 5.37 Å². The summed E-state index contributed by atoms with van der Waals surface area (Å²) in [4.78, 5) is 31.6. The maximum Gasteiger partial charge on any atom is 0.261 e. The summed E-state index contributed by atoms with van der Waals surface area (Å²) in [6, 6.07) is 15.4. The molecule has 7 heteroatoms. The molecule has 1 fully saturated rings. The molecule has 1 aliphatic rings. The molecule has 27 heavy (non-hydrogen) atoms. The second kappa shape index (κ2) is 7.86. The normalized spacial score (nSPS) is 16.8. The Kier molecular flexibility index (Phi) is 5.31. The van der Waals surface area contributed by atoms with Crippen molar-refractivity contribution in [1.29, 1.82) is 0 Å². The molecule has 0 bridgehead atoms. The number of rotatable bonds is 4. The summed E-state index contributed by atoms with van der Waals surface area (Å²) in [6.45, 7) is 1.07. The van der Waals surface area contributed by atoms with Gasteiger partial charge < -0.3 is 4.90 Å². The second-order valence-electron chi connectivity index (χ2n) is 6.37. The van der Waals surface area contributed by atoms with E-state index in [9.17, 15) is 9.59 Å². The smallest absolute Gasteiger partial charge is 0.261 e. The van der Waals surface area contributed by atoms with Gasteiger partial charge in [0.15, 0.2) is 0 Å². The first kappa shape index (κ1) is 18.3. The standard InChI is InChI=1S/C20H18BrN3O2S/c21-15-7-5-14(6-8-15)20-24(11-12-27-20)18(25)9-10-23-13-22-17-4-2-1-3-16(17)19(23)26/h1-8,13,20H,9-12H2. The minimum Gasteiger partial charge on any atom is -0.326 e. The lowest BCUT2D eigenvalue weighted by atomic mass is 10.2. The Morgan fingerprint density at radius 1 is 1.19 bits per heavy atom. The molecular formula is C20H18BrN3O2S. The Labute approximate surface area is 169 Å². The molecule has 1 aromatic heterocycles. The minimum absolute atomic E-state index is 0.0389. The van der Waals surface area contributed by atoms with Crippen molar-refractivity contribution >= 4 is 44.5 Å². The van der Waals surface area contributed by atoms with Crippen molar-refractivity contribution in [1.82, 2.24) is 14.5 Å². The van der Waals surface area contributed by atoms with Crippen LogP contribution in [0.3, 0.4) is 0 Å². The summed E-state index contributed by atoms with van der Waals surface area (Å²) in [5.41, 5.74) is 1.70. The van der Waals surface area contributed by atoms with E-state index >= 15 is 0 Å². The molecule has 5 nitrogen and oxygen atoms in total. The predicted molar refractivity (Wildman–Crippen MR) is 112 cm³/mol. The zero-order chi connectivity index (χ0) is 18.8. The minimum atomic E-state index is -0.103. The summed E-state index contributed by atoms with van der Waals surface area (Å²) in [7, 11) is 0. The lowest BCUT2D eigenvalue weighted by Crippen LogP contribution is -2.32. The molecular weight excluding hydrogens is 426 g/mol. The Morgan fingerprint density at radius 3 is 2.78 bits per heavy atom. The van der Waals surface area contributed by atoms with Gasteiger partial charge in [-0.15, -0.1) is 11.8 Å². The quantitative estimate of drug-likeness (QED) is 0.614. The maximum atomic E-state index is 12.8. The molecule has 0 aliphatic carbocycles. The van der Waals surface area contributed by atoms with E-state index < -0.39 is 0 Å². The number of thioether (sulfide) groups is 1. The van der Waals surface area contributed by atoms with Crippen LogP contribution in [0.25, 0.3) is 10.9 Å². The first-order chi connectivity index (χ1) is 13.1. The van der Waals surface area contributed by atoms with Gasteiger partial charge in [0.2, 0.25) is 5.91 Å². The molecule has 1 aliphatic heterocycles. The topological polar surface area (TPSA) is 55.2 Å². The van der Waals surface area contributed by atoms with Crippen LogP contribution in [0.15, 0.2) is 64.1 Å². The number of aromatic nitrogens is 2. The van der Waals surface area contributed by atoms with Gasteiger partial charge in [-0.1, -0.05) is 40.2 Å². The van der Waals surface area contributed by atoms with Crippen molar-refractivity contribution in [2.75, 3.05) is 12.3 Å². The molecule has 3 aromatic rings. The van der Waals surface area contributed by atoms with Crippen LogP contribution in [0.1, 0.15) is 17.4 Å². The lowest BCUT2D eigenvalue weighted by molar-refractivity contribution is -0.131. The van der Waals surface area contributed by atoms with E-state index in [0.29, 0.717) is 17.4 Å². The monoisotopic (exact) mass is 443 g/mol. The van der Waals surface area contributed by atoms with E-state index in [0.717, 1.165) is 22.3 Å². The fourth-order valence-corrected chi connectivity index (χ4v) is 4.80. The van der Waals surface area contributed by atoms with Crippen LogP contribution in [-0.4, -0.2) is 32.7 Å². The molecule has 1 atom stereocenters. The Hall–Kier alpha value is -2.12. The first-order valence-corrected chi connectivity index (χ1v) is 10.6. The highest BCUT2D eigenvalue weighted by molar-refractivity contribution is 9.10. The molecule has 0 N–H and O–H groups in total. The van der Waals surface area contributed by atoms with Crippen LogP contribution in [0.5, 0.6) is 0 Å². The van der Waals surface area contributed by atoms with Crippen LogP contribution in [0.2, 0.25) is 0 Å². The van der Waals surface area contributed by atoms with Crippen LogP contribution in [0, 0.1) is 0 Å². The molecule has 0 saturated carbocycles. The second-order valence-corrected chi connectivity index (χ2v) is 8.48. The van der Waals surface area contributed by atoms with Gasteiger partial charge in [-0.05, 0) is 29.8 Å². The number of fused-ring (bicyclic) bond motifs is 1. The van der Waals surface area contributed by atoms with Crippen LogP contribution in [0.4, 0.5) is 0 Å². The van der Waals surface area contributed by atoms with Gasteiger partial charge in [0.05, 0.1) is 17.2 Å². The van der Waals surface area contributed by atoms with Gasteiger partial charge in [0, 0.05) is 29.7 Å². The van der Waals surface area contributed by atoms with Crippen molar-refractivity contribution in [3.63, 3.8) is 0 Å². The molecule has 1 saturated heterocycles. The number of aryl methyl sites for hydroxylation is 1. The highest BCUT2D eigenvalue weighted by Crippen LogP contribution is 2.38. The summed E-state index contributed by atoms with van der Waals surface area (Å²) < 4.78 is 2.55. The summed E-state index contributed by atoms with van der Waals surface area (Å²) >= 11 is 5.22. The van der Waals surface area contributed by atoms with Crippen LogP contribution in [-0.2, 0) is 11.3 Å². The molecule has 138 valence electrons. The zero-order valence-corrected chi connectivity index (χ0v) is 16.9. The molecule has 0 radical (unpaired) electrons. The largest absolute Gasteiger partial charge is 0.326 e. The van der Waals surface area contributed by atoms with Crippen molar-refractivity contribution in [2.24, 2.45) is 0 Å². The van der Waals surface area contributed by atoms with Crippen molar-refractivity contribution in [3.05, 3.63) is 75.2 Å². The average molecular weight is 444 g/mol. The van der Waals surface area contributed by atoms with E-state index in [4.69, 9.17) is 0 Å². The van der Waals surface area contributed by atoms with Crippen molar-refractivity contribution in [2.45, 2.75) is 18.3 Å². The molecule has 4 rings (SSSR count). The number of carbonyl (C=O) groups excluding carboxylic acids is 1. The molecule has 2 heterocycles. The lowest BCUT2D eigenvalue weighted by Gasteiger charge is -2.24. The summed E-state index contributed by atoms with van der Waals surface area (Å²) in [5.74, 6) is 0.984. The van der Waals surface area contributed by atoms with E-state index in [1.807, 2.05) is 47.4 Å². The Balaban J connectivity index is 1.48. The predicted octanol–water partition coefficient (Wildman–Crippen LogP) is 3.82. The van der Waals surface area contributed by atoms with Gasteiger partial charge in [-0.3, -0.25) is 14.2 Å². The molecule has 2 aromatic carbocycles. The van der Waals surface area contributed by atoms with Crippen LogP contribution < -0.4 is 5.56 Å². The highest BCUT2D eigenvalue weighted by atomic mass is 79.9. The summed E-state index contributed by atoms with van der Waals surface area (Å²) in [5, 5.41) is 0.619. The average Bonchev–Trinajstić information content (AvgIpc) is 3.18. The number of para-hydroxylation sites is 1. The number of carbonyl (C=O) groups is 1. The van der Waals surface area contributed by atoms with Crippen molar-refractivity contribution < 1.29 is 4.79 Å². The van der Waals surface area contributed by atoms with Gasteiger partial charge in [-0.2, -0.15) is 0 Å². The third kappa shape index (κ3) is 3.80. The maximum absolute atomic E-state index is 12.8. The van der Waals surface area contributed by atoms with Gasteiger partial charge >= 0.3 is 0 Å². The van der Waals surface area contributed by atoms with E-state index in [1.54, 1.807) is 17.8 Å². The highest BCUT2D eigenvalue weighted by Gasteiger charge is 2.30. The SMILES string of the molecule is O=C(CCn1cnc2ccccc2c1=O)N1CCSC1c1ccc(Br)cc1. The van der Waals surface area contributed by atoms with E-state index in [2.05, 4.69) is 20.9 Å². The van der Waals surface area contributed by atoms with Gasteiger partial charge in [-0.25, -0.2) is 4.98 Å². The number of hydrogen-bond acceptors (Lipinski definition) is 4. The molecule has 0 spiro atoms. The van der Waals surface area contributed by atoms with Crippen molar-refractivity contribution in [3.8, 4) is 0 Å². The third-order valence-corrected chi connectivity index (χ3v) is 6.45. The van der Waals surface area contributed by atoms with Gasteiger partial charge in [0.25, 0.3) is 5.56 Å². The summed E-state index contributed by atoms with van der Waals surface area (Å²) in [6.07, 6.45) is 1.82. The van der Waals surface area contributed by atoms with E-state index in [1.165, 1.54) is 10.9 Å². The Bertz CT molecular complexity index is 1040. The number of amides is 1. The number of nitrogens with zero attached hydrogens (tertiary/aromatic N) is 3. The Morgan fingerprint density at radius 2 is 1.96 bits per heavy atom. The zero-order valence-electron chi connectivity index (χ0n) is 14.5. The fraction of sp³-hybridized carbons (Fsp3) is 0.250. The van der Waals surface area contributed by atoms with E-state index in [-0.39, 0.29) is 23.3 Å². The molecule has 1 amide bonds. The number of benzene rings is 2.